The quantitative estimate of drug-likeness (QED) is 0.766. The van der Waals surface area contributed by atoms with Crippen molar-refractivity contribution < 1.29 is 14.3 Å². The fourth-order valence-corrected chi connectivity index (χ4v) is 1.72. The number of carbonyl (C=O) groups excluding carboxylic acids is 1. The van der Waals surface area contributed by atoms with Crippen molar-refractivity contribution in [3.63, 3.8) is 0 Å². The molecule has 0 aliphatic rings. The highest BCUT2D eigenvalue weighted by Gasteiger charge is 2.05. The lowest BCUT2D eigenvalue weighted by Gasteiger charge is -2.10. The molecule has 116 valence electrons. The topological polar surface area (TPSA) is 89.1 Å². The van der Waals surface area contributed by atoms with Gasteiger partial charge in [0.05, 0.1) is 13.7 Å². The molecule has 0 aliphatic carbocycles. The number of aromatic nitrogens is 3. The van der Waals surface area contributed by atoms with Crippen LogP contribution >= 0.6 is 0 Å². The minimum atomic E-state index is -0.304. The Morgan fingerprint density at radius 3 is 2.95 bits per heavy atom. The number of hydrogen-bond donors (Lipinski definition) is 2. The van der Waals surface area contributed by atoms with Crippen molar-refractivity contribution in [1.29, 1.82) is 0 Å². The Bertz CT molecular complexity index is 638. The van der Waals surface area contributed by atoms with Crippen LogP contribution < -0.4 is 14.8 Å². The summed E-state index contributed by atoms with van der Waals surface area (Å²) >= 11 is 0. The van der Waals surface area contributed by atoms with Crippen LogP contribution in [0.15, 0.2) is 30.6 Å². The summed E-state index contributed by atoms with van der Waals surface area (Å²) in [5.41, 5.74) is 0.827. The lowest BCUT2D eigenvalue weighted by atomic mass is 10.2. The summed E-state index contributed by atoms with van der Waals surface area (Å²) in [4.78, 5) is 15.5. The third-order valence-electron chi connectivity index (χ3n) is 2.73. The number of nitrogens with one attached hydrogen (secondary N) is 2. The van der Waals surface area contributed by atoms with E-state index in [4.69, 9.17) is 9.47 Å². The molecule has 0 saturated heterocycles. The van der Waals surface area contributed by atoms with Crippen molar-refractivity contribution in [3.8, 4) is 11.5 Å². The van der Waals surface area contributed by atoms with Crippen molar-refractivity contribution in [2.75, 3.05) is 19.0 Å². The summed E-state index contributed by atoms with van der Waals surface area (Å²) in [7, 11) is 1.58. The van der Waals surface area contributed by atoms with Gasteiger partial charge in [0.1, 0.15) is 6.33 Å². The van der Waals surface area contributed by atoms with E-state index in [0.717, 1.165) is 12.0 Å². The molecule has 0 fully saturated rings. The van der Waals surface area contributed by atoms with E-state index in [1.54, 1.807) is 13.2 Å². The number of ether oxygens (including phenoxy) is 2. The molecule has 0 atom stereocenters. The number of nitrogens with zero attached hydrogens (tertiary/aromatic N) is 2. The van der Waals surface area contributed by atoms with E-state index < -0.39 is 0 Å². The molecule has 0 aliphatic heterocycles. The second kappa shape index (κ2) is 7.82. The molecule has 0 radical (unpaired) electrons. The molecule has 7 nitrogen and oxygen atoms in total. The highest BCUT2D eigenvalue weighted by Crippen LogP contribution is 2.28. The van der Waals surface area contributed by atoms with E-state index in [2.05, 4.69) is 20.5 Å². The number of H-pyrrole nitrogens is 1. The van der Waals surface area contributed by atoms with E-state index in [9.17, 15) is 4.79 Å². The monoisotopic (exact) mass is 302 g/mol. The van der Waals surface area contributed by atoms with Crippen LogP contribution in [0.2, 0.25) is 0 Å². The normalized spacial score (nSPS) is 10.6. The second-order valence-electron chi connectivity index (χ2n) is 4.42. The van der Waals surface area contributed by atoms with Gasteiger partial charge in [0.15, 0.2) is 11.5 Å². The third-order valence-corrected chi connectivity index (χ3v) is 2.73. The molecule has 1 aromatic carbocycles. The smallest absolute Gasteiger partial charge is 0.250 e. The zero-order valence-corrected chi connectivity index (χ0v) is 12.5. The standard InChI is InChI=1S/C15H18N4O3/c1-3-8-22-12-6-4-11(9-13(12)21-2)5-7-14(20)18-15-16-10-17-19-15/h4-7,9-10H,3,8H2,1-2H3,(H2,16,17,18,19,20)/b7-5+. The molecule has 2 aromatic rings. The van der Waals surface area contributed by atoms with Gasteiger partial charge < -0.3 is 9.47 Å². The first-order valence-corrected chi connectivity index (χ1v) is 6.88. The first-order chi connectivity index (χ1) is 10.7. The fraction of sp³-hybridized carbons (Fsp3) is 0.267. The molecule has 1 aromatic heterocycles. The number of rotatable bonds is 7. The van der Waals surface area contributed by atoms with Crippen molar-refractivity contribution in [2.45, 2.75) is 13.3 Å². The molecule has 2 rings (SSSR count). The van der Waals surface area contributed by atoms with E-state index in [0.29, 0.717) is 24.1 Å². The third kappa shape index (κ3) is 4.34. The summed E-state index contributed by atoms with van der Waals surface area (Å²) in [5, 5.41) is 8.74. The highest BCUT2D eigenvalue weighted by atomic mass is 16.5. The number of benzene rings is 1. The highest BCUT2D eigenvalue weighted by molar-refractivity contribution is 6.00. The summed E-state index contributed by atoms with van der Waals surface area (Å²) in [6.07, 6.45) is 5.33. The molecule has 0 unspecified atom stereocenters. The Balaban J connectivity index is 2.02. The summed E-state index contributed by atoms with van der Waals surface area (Å²) in [5.74, 6) is 1.32. The van der Waals surface area contributed by atoms with Gasteiger partial charge in [0, 0.05) is 6.08 Å². The fourth-order valence-electron chi connectivity index (χ4n) is 1.72. The maximum atomic E-state index is 11.7. The molecule has 1 heterocycles. The molecule has 2 N–H and O–H groups in total. The Kier molecular flexibility index (Phi) is 5.53. The van der Waals surface area contributed by atoms with Crippen LogP contribution in [0.4, 0.5) is 5.95 Å². The SMILES string of the molecule is CCCOc1ccc(/C=C/C(=O)Nc2ncn[nH]2)cc1OC. The van der Waals surface area contributed by atoms with Crippen LogP contribution in [-0.2, 0) is 4.79 Å². The Morgan fingerprint density at radius 1 is 1.41 bits per heavy atom. The molecule has 1 amide bonds. The van der Waals surface area contributed by atoms with Crippen LogP contribution in [0.3, 0.4) is 0 Å². The van der Waals surface area contributed by atoms with Crippen LogP contribution in [-0.4, -0.2) is 34.8 Å². The summed E-state index contributed by atoms with van der Waals surface area (Å²) in [6, 6.07) is 5.48. The number of methoxy groups -OCH3 is 1. The zero-order valence-electron chi connectivity index (χ0n) is 12.5. The Hall–Kier alpha value is -2.83. The van der Waals surface area contributed by atoms with Gasteiger partial charge in [-0.2, -0.15) is 10.1 Å². The van der Waals surface area contributed by atoms with Gasteiger partial charge in [-0.25, -0.2) is 5.10 Å². The van der Waals surface area contributed by atoms with E-state index in [1.165, 1.54) is 12.4 Å². The lowest BCUT2D eigenvalue weighted by Crippen LogP contribution is -2.08. The maximum absolute atomic E-state index is 11.7. The van der Waals surface area contributed by atoms with Crippen molar-refractivity contribution >= 4 is 17.9 Å². The van der Waals surface area contributed by atoms with Gasteiger partial charge in [0.2, 0.25) is 5.95 Å². The van der Waals surface area contributed by atoms with E-state index >= 15 is 0 Å². The Labute approximate surface area is 128 Å². The van der Waals surface area contributed by atoms with E-state index in [-0.39, 0.29) is 5.91 Å². The van der Waals surface area contributed by atoms with Gasteiger partial charge >= 0.3 is 0 Å². The molecule has 0 spiro atoms. The van der Waals surface area contributed by atoms with Gasteiger partial charge in [-0.1, -0.05) is 13.0 Å². The zero-order chi connectivity index (χ0) is 15.8. The molecular formula is C15H18N4O3. The molecule has 0 saturated carbocycles. The van der Waals surface area contributed by atoms with Crippen LogP contribution in [0, 0.1) is 0 Å². The average molecular weight is 302 g/mol. The number of anilines is 1. The van der Waals surface area contributed by atoms with Crippen LogP contribution in [0.1, 0.15) is 18.9 Å². The minimum absolute atomic E-state index is 0.301. The van der Waals surface area contributed by atoms with Crippen LogP contribution in [0.5, 0.6) is 11.5 Å². The lowest BCUT2D eigenvalue weighted by molar-refractivity contribution is -0.111. The van der Waals surface area contributed by atoms with Gasteiger partial charge in [-0.15, -0.1) is 0 Å². The summed E-state index contributed by atoms with van der Waals surface area (Å²) in [6.45, 7) is 2.67. The molecule has 7 heteroatoms. The van der Waals surface area contributed by atoms with Crippen LogP contribution in [0.25, 0.3) is 6.08 Å². The van der Waals surface area contributed by atoms with Crippen molar-refractivity contribution in [2.24, 2.45) is 0 Å². The molecular weight excluding hydrogens is 284 g/mol. The van der Waals surface area contributed by atoms with Crippen molar-refractivity contribution in [3.05, 3.63) is 36.2 Å². The number of hydrogen-bond acceptors (Lipinski definition) is 5. The first-order valence-electron chi connectivity index (χ1n) is 6.88. The number of amides is 1. The first kappa shape index (κ1) is 15.6. The van der Waals surface area contributed by atoms with Gasteiger partial charge in [0.25, 0.3) is 5.91 Å². The number of aromatic amines is 1. The van der Waals surface area contributed by atoms with Crippen molar-refractivity contribution in [1.82, 2.24) is 15.2 Å². The maximum Gasteiger partial charge on any atom is 0.250 e. The van der Waals surface area contributed by atoms with E-state index in [1.807, 2.05) is 25.1 Å². The number of carbonyl (C=O) groups is 1. The second-order valence-corrected chi connectivity index (χ2v) is 4.42. The molecule has 0 bridgehead atoms. The largest absolute Gasteiger partial charge is 0.493 e. The predicted octanol–water partition coefficient (Wildman–Crippen LogP) is 2.25. The minimum Gasteiger partial charge on any atom is -0.493 e. The predicted molar refractivity (Wildman–Crippen MR) is 82.8 cm³/mol. The van der Waals surface area contributed by atoms with Gasteiger partial charge in [-0.05, 0) is 30.2 Å². The van der Waals surface area contributed by atoms with Gasteiger partial charge in [-0.3, -0.25) is 10.1 Å². The molecule has 22 heavy (non-hydrogen) atoms. The summed E-state index contributed by atoms with van der Waals surface area (Å²) < 4.78 is 10.9. The Morgan fingerprint density at radius 2 is 2.27 bits per heavy atom. The average Bonchev–Trinajstić information content (AvgIpc) is 3.04.